The van der Waals surface area contributed by atoms with Crippen LogP contribution in [0, 0.1) is 17.8 Å². The Morgan fingerprint density at radius 1 is 1.28 bits per heavy atom. The molecule has 1 fully saturated rings. The lowest BCUT2D eigenvalue weighted by Crippen LogP contribution is -2.32. The fourth-order valence-electron chi connectivity index (χ4n) is 3.09. The third kappa shape index (κ3) is 3.04. The Morgan fingerprint density at radius 2 is 2.06 bits per heavy atom. The number of halogens is 1. The van der Waals surface area contributed by atoms with Crippen LogP contribution < -0.4 is 5.32 Å². The number of hydrogen-bond acceptors (Lipinski definition) is 2. The summed E-state index contributed by atoms with van der Waals surface area (Å²) in [5.41, 5.74) is 1.12. The van der Waals surface area contributed by atoms with Gasteiger partial charge in [0.2, 0.25) is 0 Å². The first kappa shape index (κ1) is 13.8. The number of nitrogens with zero attached hydrogens (tertiary/aromatic N) is 1. The van der Waals surface area contributed by atoms with Gasteiger partial charge in [0.1, 0.15) is 0 Å². The smallest absolute Gasteiger partial charge is 0.0589 e. The molecule has 1 aromatic rings. The highest BCUT2D eigenvalue weighted by atomic mass is 35.5. The van der Waals surface area contributed by atoms with Crippen LogP contribution in [0.25, 0.3) is 0 Å². The summed E-state index contributed by atoms with van der Waals surface area (Å²) >= 11 is 5.90. The predicted molar refractivity (Wildman–Crippen MR) is 76.7 cm³/mol. The van der Waals surface area contributed by atoms with Gasteiger partial charge in [-0.2, -0.15) is 0 Å². The number of nitrogens with one attached hydrogen (secondary N) is 1. The third-order valence-corrected chi connectivity index (χ3v) is 4.71. The SMILES string of the molecule is CNC(c1ccc(Cl)cn1)C1CCC(C)C(C)C1. The van der Waals surface area contributed by atoms with Gasteiger partial charge in [0.25, 0.3) is 0 Å². The van der Waals surface area contributed by atoms with Gasteiger partial charge in [-0.05, 0) is 49.8 Å². The van der Waals surface area contributed by atoms with E-state index in [-0.39, 0.29) is 0 Å². The first-order valence-electron chi connectivity index (χ1n) is 6.90. The monoisotopic (exact) mass is 266 g/mol. The molecule has 0 aromatic carbocycles. The van der Waals surface area contributed by atoms with E-state index in [1.165, 1.54) is 19.3 Å². The van der Waals surface area contributed by atoms with Gasteiger partial charge in [0, 0.05) is 6.20 Å². The Bertz CT molecular complexity index is 377. The zero-order valence-electron chi connectivity index (χ0n) is 11.5. The van der Waals surface area contributed by atoms with Crippen molar-refractivity contribution >= 4 is 11.6 Å². The largest absolute Gasteiger partial charge is 0.311 e. The second kappa shape index (κ2) is 6.03. The Kier molecular flexibility index (Phi) is 4.63. The van der Waals surface area contributed by atoms with E-state index in [2.05, 4.69) is 24.1 Å². The lowest BCUT2D eigenvalue weighted by atomic mass is 9.72. The minimum atomic E-state index is 0.359. The maximum atomic E-state index is 5.90. The van der Waals surface area contributed by atoms with E-state index < -0.39 is 0 Å². The molecular weight excluding hydrogens is 244 g/mol. The highest BCUT2D eigenvalue weighted by Crippen LogP contribution is 2.39. The van der Waals surface area contributed by atoms with E-state index in [9.17, 15) is 0 Å². The fraction of sp³-hybridized carbons (Fsp3) is 0.667. The van der Waals surface area contributed by atoms with Crippen molar-refractivity contribution in [2.24, 2.45) is 17.8 Å². The molecule has 3 heteroatoms. The molecule has 2 rings (SSSR count). The van der Waals surface area contributed by atoms with Crippen LogP contribution in [0.5, 0.6) is 0 Å². The molecular formula is C15H23ClN2. The van der Waals surface area contributed by atoms with Gasteiger partial charge >= 0.3 is 0 Å². The van der Waals surface area contributed by atoms with Crippen molar-refractivity contribution in [3.05, 3.63) is 29.0 Å². The Hall–Kier alpha value is -0.600. The molecule has 1 aliphatic rings. The molecule has 4 unspecified atom stereocenters. The van der Waals surface area contributed by atoms with Crippen molar-refractivity contribution in [2.45, 2.75) is 39.2 Å². The van der Waals surface area contributed by atoms with Gasteiger partial charge in [-0.1, -0.05) is 31.9 Å². The summed E-state index contributed by atoms with van der Waals surface area (Å²) in [6, 6.07) is 4.34. The molecule has 0 radical (unpaired) electrons. The summed E-state index contributed by atoms with van der Waals surface area (Å²) in [4.78, 5) is 4.47. The second-order valence-corrected chi connectivity index (χ2v) is 6.13. The lowest BCUT2D eigenvalue weighted by Gasteiger charge is -2.36. The van der Waals surface area contributed by atoms with Crippen LogP contribution in [0.2, 0.25) is 5.02 Å². The number of hydrogen-bond donors (Lipinski definition) is 1. The van der Waals surface area contributed by atoms with Gasteiger partial charge in [-0.25, -0.2) is 0 Å². The maximum absolute atomic E-state index is 5.90. The lowest BCUT2D eigenvalue weighted by molar-refractivity contribution is 0.173. The molecule has 4 atom stereocenters. The molecule has 2 nitrogen and oxygen atoms in total. The number of pyridine rings is 1. The molecule has 1 heterocycles. The molecule has 0 amide bonds. The maximum Gasteiger partial charge on any atom is 0.0589 e. The molecule has 1 saturated carbocycles. The Balaban J connectivity index is 2.11. The zero-order valence-corrected chi connectivity index (χ0v) is 12.2. The van der Waals surface area contributed by atoms with Crippen molar-refractivity contribution in [3.63, 3.8) is 0 Å². The highest BCUT2D eigenvalue weighted by Gasteiger charge is 2.30. The Morgan fingerprint density at radius 3 is 2.61 bits per heavy atom. The molecule has 1 aromatic heterocycles. The highest BCUT2D eigenvalue weighted by molar-refractivity contribution is 6.30. The van der Waals surface area contributed by atoms with Crippen LogP contribution in [0.15, 0.2) is 18.3 Å². The summed E-state index contributed by atoms with van der Waals surface area (Å²) in [5.74, 6) is 2.36. The standard InChI is InChI=1S/C15H23ClN2/c1-10-4-5-12(8-11(10)2)15(17-3)14-7-6-13(16)9-18-14/h6-7,9-12,15,17H,4-5,8H2,1-3H3. The van der Waals surface area contributed by atoms with Crippen molar-refractivity contribution in [1.82, 2.24) is 10.3 Å². The predicted octanol–water partition coefficient (Wildman–Crippen LogP) is 4.07. The summed E-state index contributed by atoms with van der Waals surface area (Å²) < 4.78 is 0. The van der Waals surface area contributed by atoms with Gasteiger partial charge in [-0.15, -0.1) is 0 Å². The molecule has 1 N–H and O–H groups in total. The third-order valence-electron chi connectivity index (χ3n) is 4.49. The van der Waals surface area contributed by atoms with Crippen LogP contribution in [-0.4, -0.2) is 12.0 Å². The number of aromatic nitrogens is 1. The normalized spacial score (nSPS) is 30.1. The minimum Gasteiger partial charge on any atom is -0.311 e. The molecule has 0 saturated heterocycles. The van der Waals surface area contributed by atoms with Gasteiger partial charge in [0.05, 0.1) is 16.8 Å². The quantitative estimate of drug-likeness (QED) is 0.892. The first-order chi connectivity index (χ1) is 8.61. The average Bonchev–Trinajstić information content (AvgIpc) is 2.37. The van der Waals surface area contributed by atoms with E-state index >= 15 is 0 Å². The molecule has 100 valence electrons. The molecule has 18 heavy (non-hydrogen) atoms. The Labute approximate surface area is 115 Å². The topological polar surface area (TPSA) is 24.9 Å². The van der Waals surface area contributed by atoms with E-state index in [1.54, 1.807) is 6.20 Å². The van der Waals surface area contributed by atoms with E-state index in [0.717, 1.165) is 17.5 Å². The first-order valence-corrected chi connectivity index (χ1v) is 7.28. The van der Waals surface area contributed by atoms with Crippen molar-refractivity contribution in [1.29, 1.82) is 0 Å². The van der Waals surface area contributed by atoms with Crippen molar-refractivity contribution in [3.8, 4) is 0 Å². The van der Waals surface area contributed by atoms with Crippen molar-refractivity contribution < 1.29 is 0 Å². The van der Waals surface area contributed by atoms with Crippen LogP contribution in [0.3, 0.4) is 0 Å². The summed E-state index contributed by atoms with van der Waals surface area (Å²) in [5, 5.41) is 4.14. The minimum absolute atomic E-state index is 0.359. The van der Waals surface area contributed by atoms with Gasteiger partial charge in [0.15, 0.2) is 0 Å². The van der Waals surface area contributed by atoms with Crippen LogP contribution in [-0.2, 0) is 0 Å². The summed E-state index contributed by atoms with van der Waals surface area (Å²) in [6.45, 7) is 4.74. The summed E-state index contributed by atoms with van der Waals surface area (Å²) in [6.07, 6.45) is 5.66. The van der Waals surface area contributed by atoms with E-state index in [4.69, 9.17) is 11.6 Å². The summed E-state index contributed by atoms with van der Waals surface area (Å²) in [7, 11) is 2.03. The average molecular weight is 267 g/mol. The molecule has 0 aliphatic heterocycles. The van der Waals surface area contributed by atoms with Crippen LogP contribution in [0.1, 0.15) is 44.8 Å². The van der Waals surface area contributed by atoms with Gasteiger partial charge < -0.3 is 5.32 Å². The molecule has 1 aliphatic carbocycles. The fourth-order valence-corrected chi connectivity index (χ4v) is 3.20. The van der Waals surface area contributed by atoms with E-state index in [1.807, 2.05) is 19.2 Å². The van der Waals surface area contributed by atoms with Crippen LogP contribution in [0.4, 0.5) is 0 Å². The second-order valence-electron chi connectivity index (χ2n) is 5.70. The molecule has 0 spiro atoms. The molecule has 0 bridgehead atoms. The van der Waals surface area contributed by atoms with E-state index in [0.29, 0.717) is 17.0 Å². The zero-order chi connectivity index (χ0) is 13.1. The van der Waals surface area contributed by atoms with Gasteiger partial charge in [-0.3, -0.25) is 4.98 Å². The number of rotatable bonds is 3. The van der Waals surface area contributed by atoms with Crippen LogP contribution >= 0.6 is 11.6 Å². The van der Waals surface area contributed by atoms with Crippen molar-refractivity contribution in [2.75, 3.05) is 7.05 Å².